The van der Waals surface area contributed by atoms with Crippen molar-refractivity contribution in [3.8, 4) is 0 Å². The van der Waals surface area contributed by atoms with Gasteiger partial charge in [-0.2, -0.15) is 5.10 Å². The molecule has 1 saturated heterocycles. The Balaban J connectivity index is 1.85. The van der Waals surface area contributed by atoms with E-state index in [2.05, 4.69) is 17.0 Å². The van der Waals surface area contributed by atoms with Gasteiger partial charge < -0.3 is 9.30 Å². The van der Waals surface area contributed by atoms with Crippen molar-refractivity contribution in [1.29, 1.82) is 0 Å². The molecule has 0 N–H and O–H groups in total. The summed E-state index contributed by atoms with van der Waals surface area (Å²) >= 11 is 0. The molecular weight excluding hydrogens is 294 g/mol. The number of carbonyl (C=O) groups is 1. The number of rotatable bonds is 4. The largest absolute Gasteiger partial charge is 0.369 e. The SMILES string of the molecule is CCn1ccnc1[C@@H]1OCCC[C@H]1C(=O)N(C)c1ccn(C)n1. The van der Waals surface area contributed by atoms with E-state index in [1.807, 2.05) is 30.1 Å². The van der Waals surface area contributed by atoms with E-state index >= 15 is 0 Å². The predicted octanol–water partition coefficient (Wildman–Crippen LogP) is 1.77. The van der Waals surface area contributed by atoms with Gasteiger partial charge in [-0.1, -0.05) is 0 Å². The lowest BCUT2D eigenvalue weighted by atomic mass is 9.92. The fourth-order valence-corrected chi connectivity index (χ4v) is 3.08. The molecule has 0 bridgehead atoms. The fourth-order valence-electron chi connectivity index (χ4n) is 3.08. The number of anilines is 1. The molecular formula is C16H23N5O2. The Morgan fingerprint density at radius 2 is 2.30 bits per heavy atom. The van der Waals surface area contributed by atoms with E-state index in [4.69, 9.17) is 4.74 Å². The Hall–Kier alpha value is -2.15. The Morgan fingerprint density at radius 3 is 3.00 bits per heavy atom. The Kier molecular flexibility index (Phi) is 4.47. The summed E-state index contributed by atoms with van der Waals surface area (Å²) in [5.41, 5.74) is 0. The van der Waals surface area contributed by atoms with Gasteiger partial charge in [0.2, 0.25) is 5.91 Å². The predicted molar refractivity (Wildman–Crippen MR) is 85.9 cm³/mol. The van der Waals surface area contributed by atoms with Crippen LogP contribution < -0.4 is 4.90 Å². The number of carbonyl (C=O) groups excluding carboxylic acids is 1. The van der Waals surface area contributed by atoms with Crippen LogP contribution in [0.5, 0.6) is 0 Å². The molecule has 3 heterocycles. The van der Waals surface area contributed by atoms with Crippen molar-refractivity contribution in [2.75, 3.05) is 18.6 Å². The van der Waals surface area contributed by atoms with Gasteiger partial charge in [0.1, 0.15) is 11.9 Å². The summed E-state index contributed by atoms with van der Waals surface area (Å²) in [7, 11) is 3.61. The van der Waals surface area contributed by atoms with Gasteiger partial charge in [0, 0.05) is 51.9 Å². The van der Waals surface area contributed by atoms with Gasteiger partial charge in [0.05, 0.1) is 5.92 Å². The molecule has 3 rings (SSSR count). The number of ether oxygens (including phenoxy) is 1. The molecule has 1 aliphatic rings. The van der Waals surface area contributed by atoms with Gasteiger partial charge in [-0.3, -0.25) is 14.4 Å². The topological polar surface area (TPSA) is 65.2 Å². The van der Waals surface area contributed by atoms with E-state index in [1.54, 1.807) is 22.8 Å². The Bertz CT molecular complexity index is 678. The monoisotopic (exact) mass is 317 g/mol. The van der Waals surface area contributed by atoms with Crippen LogP contribution in [-0.4, -0.2) is 38.9 Å². The van der Waals surface area contributed by atoms with Crippen LogP contribution in [0.15, 0.2) is 24.7 Å². The molecule has 0 radical (unpaired) electrons. The molecule has 2 aromatic rings. The van der Waals surface area contributed by atoms with Gasteiger partial charge in [0.25, 0.3) is 0 Å². The standard InChI is InChI=1S/C16H23N5O2/c1-4-21-10-8-17-15(21)14-12(6-5-11-23-14)16(22)20(3)13-7-9-19(2)18-13/h7-10,12,14H,4-6,11H2,1-3H3/t12-,14-/m1/s1. The van der Waals surface area contributed by atoms with Crippen molar-refractivity contribution in [3.63, 3.8) is 0 Å². The molecule has 1 aliphatic heterocycles. The van der Waals surface area contributed by atoms with Crippen LogP contribution >= 0.6 is 0 Å². The number of imidazole rings is 1. The van der Waals surface area contributed by atoms with Crippen LogP contribution in [0.25, 0.3) is 0 Å². The molecule has 0 unspecified atom stereocenters. The van der Waals surface area contributed by atoms with Crippen molar-refractivity contribution < 1.29 is 9.53 Å². The summed E-state index contributed by atoms with van der Waals surface area (Å²) in [6, 6.07) is 1.84. The maximum atomic E-state index is 13.0. The molecule has 2 atom stereocenters. The van der Waals surface area contributed by atoms with Crippen molar-refractivity contribution in [2.24, 2.45) is 13.0 Å². The smallest absolute Gasteiger partial charge is 0.234 e. The second-order valence-electron chi connectivity index (χ2n) is 5.86. The number of aromatic nitrogens is 4. The fraction of sp³-hybridized carbons (Fsp3) is 0.562. The zero-order valence-electron chi connectivity index (χ0n) is 13.8. The van der Waals surface area contributed by atoms with Crippen LogP contribution in [-0.2, 0) is 23.1 Å². The summed E-state index contributed by atoms with van der Waals surface area (Å²) in [6.07, 6.45) is 6.92. The number of hydrogen-bond donors (Lipinski definition) is 0. The van der Waals surface area contributed by atoms with Crippen LogP contribution in [0.3, 0.4) is 0 Å². The third-order valence-corrected chi connectivity index (χ3v) is 4.36. The average Bonchev–Trinajstić information content (AvgIpc) is 3.22. The second-order valence-corrected chi connectivity index (χ2v) is 5.86. The van der Waals surface area contributed by atoms with Crippen LogP contribution in [0.1, 0.15) is 31.7 Å². The van der Waals surface area contributed by atoms with Crippen molar-refractivity contribution >= 4 is 11.7 Å². The summed E-state index contributed by atoms with van der Waals surface area (Å²) in [6.45, 7) is 3.54. The summed E-state index contributed by atoms with van der Waals surface area (Å²) < 4.78 is 9.66. The van der Waals surface area contributed by atoms with E-state index in [1.165, 1.54) is 0 Å². The molecule has 1 fully saturated rings. The highest BCUT2D eigenvalue weighted by molar-refractivity contribution is 5.94. The maximum Gasteiger partial charge on any atom is 0.234 e. The zero-order valence-corrected chi connectivity index (χ0v) is 13.8. The molecule has 2 aromatic heterocycles. The Labute approximate surface area is 135 Å². The van der Waals surface area contributed by atoms with Crippen molar-refractivity contribution in [2.45, 2.75) is 32.4 Å². The first-order chi connectivity index (χ1) is 11.1. The number of amides is 1. The lowest BCUT2D eigenvalue weighted by Crippen LogP contribution is -2.40. The summed E-state index contributed by atoms with van der Waals surface area (Å²) in [4.78, 5) is 19.0. The Morgan fingerprint density at radius 1 is 1.48 bits per heavy atom. The van der Waals surface area contributed by atoms with E-state index in [-0.39, 0.29) is 17.9 Å². The van der Waals surface area contributed by atoms with Crippen LogP contribution in [0.4, 0.5) is 5.82 Å². The molecule has 1 amide bonds. The molecule has 124 valence electrons. The first kappa shape index (κ1) is 15.7. The number of hydrogen-bond acceptors (Lipinski definition) is 4. The first-order valence-electron chi connectivity index (χ1n) is 8.01. The van der Waals surface area contributed by atoms with Crippen molar-refractivity contribution in [1.82, 2.24) is 19.3 Å². The van der Waals surface area contributed by atoms with E-state index in [0.717, 1.165) is 25.2 Å². The minimum atomic E-state index is -0.294. The molecule has 0 aromatic carbocycles. The van der Waals surface area contributed by atoms with Gasteiger partial charge in [-0.15, -0.1) is 0 Å². The van der Waals surface area contributed by atoms with Crippen LogP contribution in [0, 0.1) is 5.92 Å². The summed E-state index contributed by atoms with van der Waals surface area (Å²) in [5, 5.41) is 4.31. The first-order valence-corrected chi connectivity index (χ1v) is 8.01. The highest BCUT2D eigenvalue weighted by atomic mass is 16.5. The highest BCUT2D eigenvalue weighted by Gasteiger charge is 2.37. The van der Waals surface area contributed by atoms with E-state index in [0.29, 0.717) is 12.4 Å². The van der Waals surface area contributed by atoms with Gasteiger partial charge in [-0.25, -0.2) is 4.98 Å². The number of nitrogens with zero attached hydrogens (tertiary/aromatic N) is 5. The van der Waals surface area contributed by atoms with Crippen molar-refractivity contribution in [3.05, 3.63) is 30.5 Å². The molecule has 0 aliphatic carbocycles. The lowest BCUT2D eigenvalue weighted by Gasteiger charge is -2.32. The quantitative estimate of drug-likeness (QED) is 0.862. The normalized spacial score (nSPS) is 21.3. The van der Waals surface area contributed by atoms with Gasteiger partial charge >= 0.3 is 0 Å². The third-order valence-electron chi connectivity index (χ3n) is 4.36. The van der Waals surface area contributed by atoms with Gasteiger partial charge in [-0.05, 0) is 19.8 Å². The van der Waals surface area contributed by atoms with Gasteiger partial charge in [0.15, 0.2) is 5.82 Å². The molecule has 0 saturated carbocycles. The zero-order chi connectivity index (χ0) is 16.4. The molecule has 7 nitrogen and oxygen atoms in total. The lowest BCUT2D eigenvalue weighted by molar-refractivity contribution is -0.132. The van der Waals surface area contributed by atoms with Crippen LogP contribution in [0.2, 0.25) is 0 Å². The average molecular weight is 317 g/mol. The maximum absolute atomic E-state index is 13.0. The minimum Gasteiger partial charge on any atom is -0.369 e. The van der Waals surface area contributed by atoms with E-state index < -0.39 is 0 Å². The second kappa shape index (κ2) is 6.54. The molecule has 23 heavy (non-hydrogen) atoms. The highest BCUT2D eigenvalue weighted by Crippen LogP contribution is 2.34. The van der Waals surface area contributed by atoms with E-state index in [9.17, 15) is 4.79 Å². The minimum absolute atomic E-state index is 0.0269. The molecule has 7 heteroatoms. The summed E-state index contributed by atoms with van der Waals surface area (Å²) in [5.74, 6) is 1.28. The number of aryl methyl sites for hydroxylation is 2. The molecule has 0 spiro atoms. The third kappa shape index (κ3) is 3.01.